The monoisotopic (exact) mass is 342 g/mol. The smallest absolute Gasteiger partial charge is 0.230 e. The highest BCUT2D eigenvalue weighted by Crippen LogP contribution is 2.41. The van der Waals surface area contributed by atoms with Crippen molar-refractivity contribution in [3.05, 3.63) is 24.2 Å². The standard InChI is InChI=1S/C15H22N2O5S/c1-23(19,20)16-6-4-12-5-8-22-15(12)10-17(11-15)14(18)9-13-3-2-7-21-13/h2-3,7,12,16H,4-6,8-11H2,1H3. The molecular weight excluding hydrogens is 320 g/mol. The number of rotatable bonds is 6. The predicted molar refractivity (Wildman–Crippen MR) is 83.2 cm³/mol. The number of sulfonamides is 1. The summed E-state index contributed by atoms with van der Waals surface area (Å²) in [5.74, 6) is 0.982. The fourth-order valence-electron chi connectivity index (χ4n) is 3.41. The van der Waals surface area contributed by atoms with E-state index in [0.29, 0.717) is 32.0 Å². The third-order valence-electron chi connectivity index (χ3n) is 4.63. The number of likely N-dealkylation sites (tertiary alicyclic amines) is 1. The summed E-state index contributed by atoms with van der Waals surface area (Å²) in [5.41, 5.74) is -0.294. The van der Waals surface area contributed by atoms with Gasteiger partial charge in [0.15, 0.2) is 0 Å². The minimum Gasteiger partial charge on any atom is -0.469 e. The molecule has 8 heteroatoms. The van der Waals surface area contributed by atoms with E-state index in [-0.39, 0.29) is 23.8 Å². The minimum absolute atomic E-state index is 0.0362. The van der Waals surface area contributed by atoms with Crippen LogP contribution in [-0.4, -0.2) is 57.3 Å². The second kappa shape index (κ2) is 6.26. The SMILES string of the molecule is CS(=O)(=O)NCCC1CCOC12CN(C(=O)Cc1ccco1)C2. The summed E-state index contributed by atoms with van der Waals surface area (Å²) in [6, 6.07) is 3.56. The average Bonchev–Trinajstić information content (AvgIpc) is 3.04. The van der Waals surface area contributed by atoms with Crippen LogP contribution in [-0.2, 0) is 26.0 Å². The molecule has 1 aromatic rings. The van der Waals surface area contributed by atoms with E-state index in [1.54, 1.807) is 23.3 Å². The summed E-state index contributed by atoms with van der Waals surface area (Å²) < 4.78 is 35.9. The molecule has 3 heterocycles. The zero-order chi connectivity index (χ0) is 16.5. The van der Waals surface area contributed by atoms with Crippen LogP contribution in [0, 0.1) is 5.92 Å². The van der Waals surface area contributed by atoms with Gasteiger partial charge >= 0.3 is 0 Å². The van der Waals surface area contributed by atoms with Crippen LogP contribution < -0.4 is 4.72 Å². The molecule has 0 bridgehead atoms. The molecule has 1 atom stereocenters. The fraction of sp³-hybridized carbons (Fsp3) is 0.667. The summed E-state index contributed by atoms with van der Waals surface area (Å²) in [4.78, 5) is 14.0. The van der Waals surface area contributed by atoms with Gasteiger partial charge in [-0.1, -0.05) is 0 Å². The first-order chi connectivity index (χ1) is 10.9. The maximum atomic E-state index is 12.2. The number of nitrogens with one attached hydrogen (secondary N) is 1. The minimum atomic E-state index is -3.16. The molecule has 2 fully saturated rings. The zero-order valence-corrected chi connectivity index (χ0v) is 14.0. The number of ether oxygens (including phenoxy) is 1. The normalized spacial score (nSPS) is 23.2. The van der Waals surface area contributed by atoms with Gasteiger partial charge in [0.25, 0.3) is 0 Å². The second-order valence-electron chi connectivity index (χ2n) is 6.36. The molecule has 0 aromatic carbocycles. The van der Waals surface area contributed by atoms with Crippen LogP contribution >= 0.6 is 0 Å². The number of hydrogen-bond donors (Lipinski definition) is 1. The molecule has 23 heavy (non-hydrogen) atoms. The topological polar surface area (TPSA) is 88.9 Å². The van der Waals surface area contributed by atoms with Gasteiger partial charge in [0, 0.05) is 13.2 Å². The highest BCUT2D eigenvalue weighted by molar-refractivity contribution is 7.88. The van der Waals surface area contributed by atoms with Crippen LogP contribution in [0.3, 0.4) is 0 Å². The van der Waals surface area contributed by atoms with Crippen LogP contribution in [0.5, 0.6) is 0 Å². The largest absolute Gasteiger partial charge is 0.469 e. The lowest BCUT2D eigenvalue weighted by molar-refractivity contribution is -0.165. The van der Waals surface area contributed by atoms with Crippen LogP contribution in [0.1, 0.15) is 18.6 Å². The number of amides is 1. The molecule has 1 unspecified atom stereocenters. The van der Waals surface area contributed by atoms with Gasteiger partial charge in [-0.25, -0.2) is 13.1 Å². The number of carbonyl (C=O) groups excluding carboxylic acids is 1. The Morgan fingerprint density at radius 1 is 1.48 bits per heavy atom. The number of carbonyl (C=O) groups is 1. The molecule has 2 saturated heterocycles. The third kappa shape index (κ3) is 3.76. The Morgan fingerprint density at radius 3 is 2.91 bits per heavy atom. The van der Waals surface area contributed by atoms with Crippen molar-refractivity contribution in [1.29, 1.82) is 0 Å². The summed E-state index contributed by atoms with van der Waals surface area (Å²) in [5, 5.41) is 0. The Labute approximate surface area is 136 Å². The lowest BCUT2D eigenvalue weighted by Gasteiger charge is -2.50. The molecule has 1 aromatic heterocycles. The van der Waals surface area contributed by atoms with E-state index in [1.807, 2.05) is 0 Å². The molecule has 2 aliphatic heterocycles. The number of nitrogens with zero attached hydrogens (tertiary/aromatic N) is 1. The van der Waals surface area contributed by atoms with E-state index < -0.39 is 10.0 Å². The highest BCUT2D eigenvalue weighted by Gasteiger charge is 2.53. The van der Waals surface area contributed by atoms with Crippen molar-refractivity contribution in [2.24, 2.45) is 5.92 Å². The van der Waals surface area contributed by atoms with E-state index in [1.165, 1.54) is 0 Å². The molecule has 1 amide bonds. The summed E-state index contributed by atoms with van der Waals surface area (Å²) in [6.45, 7) is 2.24. The Balaban J connectivity index is 1.50. The van der Waals surface area contributed by atoms with Crippen LogP contribution in [0.2, 0.25) is 0 Å². The lowest BCUT2D eigenvalue weighted by atomic mass is 9.79. The Morgan fingerprint density at radius 2 is 2.26 bits per heavy atom. The van der Waals surface area contributed by atoms with Gasteiger partial charge in [0.05, 0.1) is 32.0 Å². The molecule has 0 saturated carbocycles. The van der Waals surface area contributed by atoms with Crippen LogP contribution in [0.25, 0.3) is 0 Å². The number of furan rings is 1. The average molecular weight is 342 g/mol. The molecule has 1 N–H and O–H groups in total. The molecule has 0 radical (unpaired) electrons. The van der Waals surface area contributed by atoms with Gasteiger partial charge in [-0.2, -0.15) is 0 Å². The van der Waals surface area contributed by atoms with E-state index in [4.69, 9.17) is 9.15 Å². The first-order valence-corrected chi connectivity index (χ1v) is 9.66. The van der Waals surface area contributed by atoms with Crippen molar-refractivity contribution >= 4 is 15.9 Å². The zero-order valence-electron chi connectivity index (χ0n) is 13.2. The fourth-order valence-corrected chi connectivity index (χ4v) is 3.90. The van der Waals surface area contributed by atoms with Crippen LogP contribution in [0.4, 0.5) is 0 Å². The van der Waals surface area contributed by atoms with E-state index in [9.17, 15) is 13.2 Å². The predicted octanol–water partition coefficient (Wildman–Crippen LogP) is 0.379. The van der Waals surface area contributed by atoms with E-state index in [0.717, 1.165) is 19.1 Å². The van der Waals surface area contributed by atoms with Crippen LogP contribution in [0.15, 0.2) is 22.8 Å². The Hall–Kier alpha value is -1.38. The Kier molecular flexibility index (Phi) is 4.48. The van der Waals surface area contributed by atoms with Gasteiger partial charge < -0.3 is 14.1 Å². The summed E-state index contributed by atoms with van der Waals surface area (Å²) in [7, 11) is -3.16. The Bertz CT molecular complexity index is 649. The highest BCUT2D eigenvalue weighted by atomic mass is 32.2. The van der Waals surface area contributed by atoms with E-state index >= 15 is 0 Å². The maximum absolute atomic E-state index is 12.2. The van der Waals surface area contributed by atoms with Gasteiger partial charge in [-0.3, -0.25) is 4.79 Å². The van der Waals surface area contributed by atoms with Gasteiger partial charge in [-0.15, -0.1) is 0 Å². The van der Waals surface area contributed by atoms with Crippen molar-refractivity contribution in [2.75, 3.05) is 32.5 Å². The van der Waals surface area contributed by atoms with E-state index in [2.05, 4.69) is 4.72 Å². The first-order valence-electron chi connectivity index (χ1n) is 7.77. The van der Waals surface area contributed by atoms with Crippen molar-refractivity contribution < 1.29 is 22.4 Å². The molecule has 7 nitrogen and oxygen atoms in total. The molecule has 1 spiro atoms. The molecule has 2 aliphatic rings. The van der Waals surface area contributed by atoms with Gasteiger partial charge in [-0.05, 0) is 30.9 Å². The quantitative estimate of drug-likeness (QED) is 0.807. The lowest BCUT2D eigenvalue weighted by Crippen LogP contribution is -2.66. The van der Waals surface area contributed by atoms with Gasteiger partial charge in [0.2, 0.25) is 15.9 Å². The van der Waals surface area contributed by atoms with Crippen molar-refractivity contribution in [2.45, 2.75) is 24.9 Å². The first kappa shape index (κ1) is 16.5. The summed E-state index contributed by atoms with van der Waals surface area (Å²) in [6.07, 6.45) is 4.62. The molecular formula is C15H22N2O5S. The second-order valence-corrected chi connectivity index (χ2v) is 8.19. The molecule has 128 valence electrons. The summed E-state index contributed by atoms with van der Waals surface area (Å²) >= 11 is 0. The van der Waals surface area contributed by atoms with Crippen molar-refractivity contribution in [3.63, 3.8) is 0 Å². The maximum Gasteiger partial charge on any atom is 0.230 e. The number of hydrogen-bond acceptors (Lipinski definition) is 5. The van der Waals surface area contributed by atoms with Gasteiger partial charge in [0.1, 0.15) is 11.4 Å². The third-order valence-corrected chi connectivity index (χ3v) is 5.36. The van der Waals surface area contributed by atoms with Crippen molar-refractivity contribution in [3.8, 4) is 0 Å². The molecule has 0 aliphatic carbocycles. The van der Waals surface area contributed by atoms with Crippen molar-refractivity contribution in [1.82, 2.24) is 9.62 Å². The molecule has 3 rings (SSSR count).